The minimum absolute atomic E-state index is 0.0357. The fourth-order valence-corrected chi connectivity index (χ4v) is 1.96. The number of hydrogen-bond acceptors (Lipinski definition) is 3. The highest BCUT2D eigenvalue weighted by Crippen LogP contribution is 2.39. The average Bonchev–Trinajstić information content (AvgIpc) is 2.35. The Balaban J connectivity index is 2.49. The fraction of sp³-hybridized carbons (Fsp3) is 0. The zero-order chi connectivity index (χ0) is 14.0. The lowest BCUT2D eigenvalue weighted by molar-refractivity contribution is -0.385. The molecule has 0 saturated heterocycles. The van der Waals surface area contributed by atoms with Crippen molar-refractivity contribution in [2.24, 2.45) is 0 Å². The molecule has 0 atom stereocenters. The summed E-state index contributed by atoms with van der Waals surface area (Å²) >= 11 is 9.01. The average molecular weight is 347 g/mol. The number of halogens is 3. The van der Waals surface area contributed by atoms with Crippen molar-refractivity contribution in [2.45, 2.75) is 0 Å². The number of ether oxygens (including phenoxy) is 1. The minimum atomic E-state index is -0.642. The lowest BCUT2D eigenvalue weighted by atomic mass is 10.3. The molecule has 0 spiro atoms. The zero-order valence-corrected chi connectivity index (χ0v) is 11.6. The van der Waals surface area contributed by atoms with Crippen LogP contribution in [0.5, 0.6) is 11.5 Å². The lowest BCUT2D eigenvalue weighted by Crippen LogP contribution is -1.95. The molecule has 2 rings (SSSR count). The van der Waals surface area contributed by atoms with Crippen LogP contribution in [-0.2, 0) is 0 Å². The van der Waals surface area contributed by atoms with E-state index in [2.05, 4.69) is 15.9 Å². The Hall–Kier alpha value is -1.66. The molecule has 19 heavy (non-hydrogen) atoms. The second kappa shape index (κ2) is 5.54. The van der Waals surface area contributed by atoms with Crippen molar-refractivity contribution in [3.8, 4) is 11.5 Å². The standard InChI is InChI=1S/C12H6BrClFNO3/c13-7-4-5-9(15)11(6-7)19-12-8(14)2-1-3-10(12)16(17)18/h1-6H. The van der Waals surface area contributed by atoms with Crippen molar-refractivity contribution in [1.82, 2.24) is 0 Å². The molecule has 0 heterocycles. The molecule has 0 unspecified atom stereocenters. The molecule has 0 aliphatic carbocycles. The second-order valence-corrected chi connectivity index (χ2v) is 4.84. The van der Waals surface area contributed by atoms with Crippen LogP contribution in [0.15, 0.2) is 40.9 Å². The highest BCUT2D eigenvalue weighted by Gasteiger charge is 2.20. The Morgan fingerprint density at radius 3 is 2.74 bits per heavy atom. The molecule has 0 amide bonds. The summed E-state index contributed by atoms with van der Waals surface area (Å²) in [7, 11) is 0. The van der Waals surface area contributed by atoms with Crippen LogP contribution in [0.2, 0.25) is 5.02 Å². The Labute approximate surface area is 121 Å². The van der Waals surface area contributed by atoms with Crippen molar-refractivity contribution in [2.75, 3.05) is 0 Å². The summed E-state index contributed by atoms with van der Waals surface area (Å²) in [5, 5.41) is 10.9. The van der Waals surface area contributed by atoms with E-state index >= 15 is 0 Å². The molecule has 2 aromatic carbocycles. The van der Waals surface area contributed by atoms with Crippen LogP contribution in [0.25, 0.3) is 0 Å². The van der Waals surface area contributed by atoms with Crippen LogP contribution < -0.4 is 4.74 Å². The number of hydrogen-bond donors (Lipinski definition) is 0. The van der Waals surface area contributed by atoms with Crippen molar-refractivity contribution < 1.29 is 14.1 Å². The molecular formula is C12H6BrClFNO3. The SMILES string of the molecule is O=[N+]([O-])c1cccc(Cl)c1Oc1cc(Br)ccc1F. The Bertz CT molecular complexity index is 651. The molecule has 0 aliphatic rings. The lowest BCUT2D eigenvalue weighted by Gasteiger charge is -2.09. The van der Waals surface area contributed by atoms with Crippen LogP contribution in [-0.4, -0.2) is 4.92 Å². The van der Waals surface area contributed by atoms with Crippen molar-refractivity contribution >= 4 is 33.2 Å². The molecule has 4 nitrogen and oxygen atoms in total. The smallest absolute Gasteiger partial charge is 0.313 e. The Morgan fingerprint density at radius 1 is 1.32 bits per heavy atom. The summed E-state index contributed by atoms with van der Waals surface area (Å²) < 4.78 is 19.4. The maximum Gasteiger partial charge on any atom is 0.313 e. The van der Waals surface area contributed by atoms with Crippen molar-refractivity contribution in [3.63, 3.8) is 0 Å². The summed E-state index contributed by atoms with van der Waals surface area (Å²) in [6.45, 7) is 0. The predicted octanol–water partition coefficient (Wildman–Crippen LogP) is 4.94. The van der Waals surface area contributed by atoms with Gasteiger partial charge in [0.2, 0.25) is 5.75 Å². The third-order valence-electron chi connectivity index (χ3n) is 2.25. The first kappa shape index (κ1) is 13.8. The van der Waals surface area contributed by atoms with Crippen LogP contribution >= 0.6 is 27.5 Å². The van der Waals surface area contributed by atoms with Gasteiger partial charge in [-0.1, -0.05) is 33.6 Å². The van der Waals surface area contributed by atoms with Crippen molar-refractivity contribution in [3.05, 3.63) is 61.8 Å². The summed E-state index contributed by atoms with van der Waals surface area (Å²) in [6, 6.07) is 8.12. The van der Waals surface area contributed by atoms with Gasteiger partial charge >= 0.3 is 5.69 Å². The highest BCUT2D eigenvalue weighted by molar-refractivity contribution is 9.10. The molecule has 7 heteroatoms. The molecule has 0 saturated carbocycles. The van der Waals surface area contributed by atoms with E-state index in [4.69, 9.17) is 16.3 Å². The first-order valence-electron chi connectivity index (χ1n) is 5.05. The van der Waals surface area contributed by atoms with Crippen LogP contribution in [0, 0.1) is 15.9 Å². The zero-order valence-electron chi connectivity index (χ0n) is 9.27. The molecule has 0 fully saturated rings. The van der Waals surface area contributed by atoms with E-state index in [0.717, 1.165) is 0 Å². The molecule has 0 aromatic heterocycles. The van der Waals surface area contributed by atoms with Gasteiger partial charge in [0.05, 0.1) is 9.95 Å². The summed E-state index contributed by atoms with van der Waals surface area (Å²) in [5.41, 5.74) is -0.327. The second-order valence-electron chi connectivity index (χ2n) is 3.52. The molecule has 0 aliphatic heterocycles. The number of nitro benzene ring substituents is 1. The summed E-state index contributed by atoms with van der Waals surface area (Å²) in [4.78, 5) is 10.2. The van der Waals surface area contributed by atoms with Gasteiger partial charge in [0.1, 0.15) is 0 Å². The molecule has 0 N–H and O–H groups in total. The van der Waals surface area contributed by atoms with Crippen molar-refractivity contribution in [1.29, 1.82) is 0 Å². The maximum absolute atomic E-state index is 13.6. The van der Waals surface area contributed by atoms with Gasteiger partial charge in [-0.3, -0.25) is 10.1 Å². The maximum atomic E-state index is 13.6. The van der Waals surface area contributed by atoms with Gasteiger partial charge in [0, 0.05) is 10.5 Å². The van der Waals surface area contributed by atoms with E-state index in [-0.39, 0.29) is 22.2 Å². The number of para-hydroxylation sites is 1. The van der Waals surface area contributed by atoms with E-state index in [9.17, 15) is 14.5 Å². The van der Waals surface area contributed by atoms with Gasteiger partial charge in [-0.05, 0) is 24.3 Å². The number of rotatable bonds is 3. The van der Waals surface area contributed by atoms with Crippen LogP contribution in [0.1, 0.15) is 0 Å². The predicted molar refractivity (Wildman–Crippen MR) is 72.3 cm³/mol. The van der Waals surface area contributed by atoms with Gasteiger partial charge in [-0.25, -0.2) is 4.39 Å². The third kappa shape index (κ3) is 3.02. The number of nitro groups is 1. The monoisotopic (exact) mass is 345 g/mol. The topological polar surface area (TPSA) is 52.4 Å². The normalized spacial score (nSPS) is 10.3. The number of nitrogens with zero attached hydrogens (tertiary/aromatic N) is 1. The van der Waals surface area contributed by atoms with Gasteiger partial charge in [-0.15, -0.1) is 0 Å². The Morgan fingerprint density at radius 2 is 2.05 bits per heavy atom. The van der Waals surface area contributed by atoms with E-state index in [1.165, 1.54) is 36.4 Å². The largest absolute Gasteiger partial charge is 0.445 e. The van der Waals surface area contributed by atoms with E-state index in [0.29, 0.717) is 4.47 Å². The first-order valence-corrected chi connectivity index (χ1v) is 6.22. The third-order valence-corrected chi connectivity index (χ3v) is 3.04. The molecule has 2 aromatic rings. The van der Waals surface area contributed by atoms with Gasteiger partial charge in [-0.2, -0.15) is 0 Å². The summed E-state index contributed by atoms with van der Waals surface area (Å²) in [6.07, 6.45) is 0. The molecule has 0 bridgehead atoms. The first-order chi connectivity index (χ1) is 8.99. The van der Waals surface area contributed by atoms with Crippen LogP contribution in [0.4, 0.5) is 10.1 Å². The van der Waals surface area contributed by atoms with E-state index in [1.54, 1.807) is 0 Å². The van der Waals surface area contributed by atoms with E-state index < -0.39 is 10.7 Å². The summed E-state index contributed by atoms with van der Waals surface area (Å²) in [5.74, 6) is -0.978. The molecule has 98 valence electrons. The molecule has 0 radical (unpaired) electrons. The van der Waals surface area contributed by atoms with Gasteiger partial charge in [0.25, 0.3) is 0 Å². The van der Waals surface area contributed by atoms with Gasteiger partial charge in [0.15, 0.2) is 11.6 Å². The highest BCUT2D eigenvalue weighted by atomic mass is 79.9. The minimum Gasteiger partial charge on any atom is -0.445 e. The van der Waals surface area contributed by atoms with E-state index in [1.807, 2.05) is 0 Å². The van der Waals surface area contributed by atoms with Gasteiger partial charge < -0.3 is 4.74 Å². The molecular weight excluding hydrogens is 340 g/mol. The Kier molecular flexibility index (Phi) is 4.01. The number of benzene rings is 2. The van der Waals surface area contributed by atoms with Crippen LogP contribution in [0.3, 0.4) is 0 Å². The fourth-order valence-electron chi connectivity index (χ4n) is 1.41. The quantitative estimate of drug-likeness (QED) is 0.584.